The first-order valence-corrected chi connectivity index (χ1v) is 9.94. The summed E-state index contributed by atoms with van der Waals surface area (Å²) >= 11 is 0. The predicted molar refractivity (Wildman–Crippen MR) is 109 cm³/mol. The smallest absolute Gasteiger partial charge is 0.256 e. The van der Waals surface area contributed by atoms with Crippen LogP contribution in [0.5, 0.6) is 5.75 Å². The highest BCUT2D eigenvalue weighted by atomic mass is 16.5. The van der Waals surface area contributed by atoms with Gasteiger partial charge >= 0.3 is 0 Å². The number of aromatic nitrogens is 1. The van der Waals surface area contributed by atoms with Crippen molar-refractivity contribution in [1.82, 2.24) is 9.88 Å². The predicted octanol–water partition coefficient (Wildman–Crippen LogP) is 3.20. The van der Waals surface area contributed by atoms with E-state index in [1.54, 1.807) is 7.11 Å². The summed E-state index contributed by atoms with van der Waals surface area (Å²) in [5.41, 5.74) is 4.10. The fraction of sp³-hybridized carbons (Fsp3) is 0.455. The van der Waals surface area contributed by atoms with Crippen molar-refractivity contribution in [2.45, 2.75) is 39.2 Å². The fourth-order valence-corrected chi connectivity index (χ4v) is 4.43. The zero-order valence-corrected chi connectivity index (χ0v) is 16.7. The Morgan fingerprint density at radius 3 is 2.61 bits per heavy atom. The van der Waals surface area contributed by atoms with Gasteiger partial charge in [-0.3, -0.25) is 9.59 Å². The number of aromatic amines is 1. The van der Waals surface area contributed by atoms with Gasteiger partial charge in [0.15, 0.2) is 5.78 Å². The molecule has 4 rings (SSSR count). The molecule has 1 unspecified atom stereocenters. The molecule has 0 saturated carbocycles. The first-order chi connectivity index (χ1) is 13.5. The summed E-state index contributed by atoms with van der Waals surface area (Å²) in [4.78, 5) is 33.3. The van der Waals surface area contributed by atoms with Gasteiger partial charge < -0.3 is 19.5 Å². The minimum absolute atomic E-state index is 0.0212. The number of amides is 1. The summed E-state index contributed by atoms with van der Waals surface area (Å²) in [6.07, 6.45) is 2.23. The first kappa shape index (κ1) is 18.6. The van der Waals surface area contributed by atoms with E-state index < -0.39 is 0 Å². The van der Waals surface area contributed by atoms with Gasteiger partial charge in [0.2, 0.25) is 0 Å². The average Bonchev–Trinajstić information content (AvgIpc) is 3.04. The minimum Gasteiger partial charge on any atom is -0.497 e. The summed E-state index contributed by atoms with van der Waals surface area (Å²) in [5.74, 6) is 0.911. The van der Waals surface area contributed by atoms with Gasteiger partial charge in [-0.15, -0.1) is 0 Å². The van der Waals surface area contributed by atoms with Crippen LogP contribution in [-0.2, 0) is 6.42 Å². The van der Waals surface area contributed by atoms with Gasteiger partial charge in [0.1, 0.15) is 5.75 Å². The van der Waals surface area contributed by atoms with E-state index in [4.69, 9.17) is 4.74 Å². The Hall–Kier alpha value is -2.76. The van der Waals surface area contributed by atoms with Crippen molar-refractivity contribution in [3.05, 3.63) is 46.8 Å². The van der Waals surface area contributed by atoms with Gasteiger partial charge in [0.05, 0.1) is 18.2 Å². The van der Waals surface area contributed by atoms with Crippen LogP contribution in [0, 0.1) is 6.92 Å². The van der Waals surface area contributed by atoms with Crippen molar-refractivity contribution in [3.8, 4) is 5.75 Å². The first-order valence-electron chi connectivity index (χ1n) is 9.94. The van der Waals surface area contributed by atoms with Crippen LogP contribution in [0.4, 0.5) is 5.69 Å². The molecule has 148 valence electrons. The molecule has 2 aromatic rings. The van der Waals surface area contributed by atoms with Gasteiger partial charge in [-0.05, 0) is 51.0 Å². The molecule has 1 aromatic heterocycles. The van der Waals surface area contributed by atoms with Gasteiger partial charge in [0, 0.05) is 49.2 Å². The molecule has 28 heavy (non-hydrogen) atoms. The number of rotatable bonds is 3. The van der Waals surface area contributed by atoms with Gasteiger partial charge in [-0.2, -0.15) is 0 Å². The van der Waals surface area contributed by atoms with E-state index in [9.17, 15) is 9.59 Å². The topological polar surface area (TPSA) is 65.6 Å². The molecule has 1 aromatic carbocycles. The van der Waals surface area contributed by atoms with Crippen LogP contribution in [0.25, 0.3) is 0 Å². The number of piperazine rings is 1. The zero-order valence-electron chi connectivity index (χ0n) is 16.7. The monoisotopic (exact) mass is 381 g/mol. The van der Waals surface area contributed by atoms with Crippen LogP contribution >= 0.6 is 0 Å². The number of anilines is 1. The summed E-state index contributed by atoms with van der Waals surface area (Å²) in [6, 6.07) is 8.08. The van der Waals surface area contributed by atoms with E-state index >= 15 is 0 Å². The van der Waals surface area contributed by atoms with Gasteiger partial charge in [-0.1, -0.05) is 0 Å². The van der Waals surface area contributed by atoms with Crippen LogP contribution in [0.2, 0.25) is 0 Å². The Morgan fingerprint density at radius 2 is 1.93 bits per heavy atom. The normalized spacial score (nSPS) is 19.5. The number of methoxy groups -OCH3 is 1. The number of ketones is 1. The van der Waals surface area contributed by atoms with Crippen LogP contribution < -0.4 is 9.64 Å². The SMILES string of the molecule is COc1ccc(N2CCN(C(=O)c3c(C)[nH]c4c3C(=O)CCC4)C(C)C2)cc1. The van der Waals surface area contributed by atoms with E-state index in [0.717, 1.165) is 48.8 Å². The fourth-order valence-electron chi connectivity index (χ4n) is 4.43. The van der Waals surface area contributed by atoms with E-state index in [1.165, 1.54) is 0 Å². The molecule has 1 amide bonds. The van der Waals surface area contributed by atoms with Crippen LogP contribution in [-0.4, -0.2) is 54.4 Å². The molecule has 6 nitrogen and oxygen atoms in total. The third-order valence-corrected chi connectivity index (χ3v) is 5.91. The van der Waals surface area contributed by atoms with Crippen molar-refractivity contribution in [3.63, 3.8) is 0 Å². The standard InChI is InChI=1S/C22H27N3O3/c1-14-13-24(16-7-9-17(28-3)10-8-16)11-12-25(14)22(27)20-15(2)23-18-5-4-6-19(26)21(18)20/h7-10,14,23H,4-6,11-13H2,1-3H3. The Bertz CT molecular complexity index is 900. The maximum absolute atomic E-state index is 13.4. The third-order valence-electron chi connectivity index (χ3n) is 5.91. The number of hydrogen-bond donors (Lipinski definition) is 1. The highest BCUT2D eigenvalue weighted by Gasteiger charge is 2.34. The maximum Gasteiger partial charge on any atom is 0.256 e. The molecule has 1 fully saturated rings. The lowest BCUT2D eigenvalue weighted by Crippen LogP contribution is -2.54. The number of hydrogen-bond acceptors (Lipinski definition) is 4. The number of nitrogens with zero attached hydrogens (tertiary/aromatic N) is 2. The van der Waals surface area contributed by atoms with Crippen molar-refractivity contribution >= 4 is 17.4 Å². The van der Waals surface area contributed by atoms with Crippen molar-refractivity contribution in [2.75, 3.05) is 31.6 Å². The average molecular weight is 381 g/mol. The van der Waals surface area contributed by atoms with E-state index in [0.29, 0.717) is 24.1 Å². The molecule has 2 aliphatic rings. The number of H-pyrrole nitrogens is 1. The molecule has 1 N–H and O–H groups in total. The molecule has 1 aliphatic heterocycles. The maximum atomic E-state index is 13.4. The molecular weight excluding hydrogens is 354 g/mol. The molecule has 0 radical (unpaired) electrons. The Labute approximate surface area is 165 Å². The van der Waals surface area contributed by atoms with Crippen LogP contribution in [0.1, 0.15) is 51.9 Å². The second-order valence-corrected chi connectivity index (χ2v) is 7.75. The van der Waals surface area contributed by atoms with E-state index in [2.05, 4.69) is 16.8 Å². The second kappa shape index (κ2) is 7.34. The summed E-state index contributed by atoms with van der Waals surface area (Å²) in [6.45, 7) is 6.14. The second-order valence-electron chi connectivity index (χ2n) is 7.75. The van der Waals surface area contributed by atoms with Crippen molar-refractivity contribution in [2.24, 2.45) is 0 Å². The van der Waals surface area contributed by atoms with Crippen molar-refractivity contribution < 1.29 is 14.3 Å². The van der Waals surface area contributed by atoms with Gasteiger partial charge in [0.25, 0.3) is 5.91 Å². The van der Waals surface area contributed by atoms with Crippen molar-refractivity contribution in [1.29, 1.82) is 0 Å². The number of benzene rings is 1. The number of ether oxygens (including phenoxy) is 1. The Morgan fingerprint density at radius 1 is 1.18 bits per heavy atom. The lowest BCUT2D eigenvalue weighted by Gasteiger charge is -2.41. The lowest BCUT2D eigenvalue weighted by molar-refractivity contribution is 0.0669. The van der Waals surface area contributed by atoms with E-state index in [1.807, 2.05) is 36.1 Å². The zero-order chi connectivity index (χ0) is 19.8. The number of Topliss-reactive ketones (excluding diaryl/α,β-unsaturated/α-hetero) is 1. The highest BCUT2D eigenvalue weighted by molar-refractivity contribution is 6.10. The molecule has 1 aliphatic carbocycles. The summed E-state index contributed by atoms with van der Waals surface area (Å²) in [7, 11) is 1.66. The largest absolute Gasteiger partial charge is 0.497 e. The van der Waals surface area contributed by atoms with Gasteiger partial charge in [-0.25, -0.2) is 0 Å². The Balaban J connectivity index is 1.53. The molecular formula is C22H27N3O3. The molecule has 0 spiro atoms. The highest BCUT2D eigenvalue weighted by Crippen LogP contribution is 2.29. The molecule has 2 heterocycles. The van der Waals surface area contributed by atoms with E-state index in [-0.39, 0.29) is 17.7 Å². The number of aryl methyl sites for hydroxylation is 2. The summed E-state index contributed by atoms with van der Waals surface area (Å²) in [5, 5.41) is 0. The van der Waals surface area contributed by atoms with Crippen LogP contribution in [0.15, 0.2) is 24.3 Å². The third kappa shape index (κ3) is 3.17. The molecule has 1 saturated heterocycles. The minimum atomic E-state index is -0.0212. The molecule has 6 heteroatoms. The quantitative estimate of drug-likeness (QED) is 0.887. The number of nitrogens with one attached hydrogen (secondary N) is 1. The van der Waals surface area contributed by atoms with Crippen LogP contribution in [0.3, 0.4) is 0 Å². The Kier molecular flexibility index (Phi) is 4.87. The number of carbonyl (C=O) groups excluding carboxylic acids is 2. The molecule has 0 bridgehead atoms. The number of fused-ring (bicyclic) bond motifs is 1. The number of carbonyl (C=O) groups is 2. The summed E-state index contributed by atoms with van der Waals surface area (Å²) < 4.78 is 5.23. The molecule has 1 atom stereocenters. The lowest BCUT2D eigenvalue weighted by atomic mass is 9.92.